The number of nitrogens with zero attached hydrogens (tertiary/aromatic N) is 3. The SMILES string of the molecule is COc1ccc(Cn2c(SCc3cccc(S(=O)(=O)N(C)C)c3)nc3ccccc3c2=O)cc1. The predicted molar refractivity (Wildman–Crippen MR) is 135 cm³/mol. The van der Waals surface area contributed by atoms with E-state index in [1.54, 1.807) is 35.9 Å². The van der Waals surface area contributed by atoms with E-state index in [4.69, 9.17) is 9.72 Å². The normalized spacial score (nSPS) is 11.8. The number of hydrogen-bond acceptors (Lipinski definition) is 6. The minimum Gasteiger partial charge on any atom is -0.497 e. The van der Waals surface area contributed by atoms with Crippen LogP contribution >= 0.6 is 11.8 Å². The van der Waals surface area contributed by atoms with Gasteiger partial charge in [-0.05, 0) is 47.5 Å². The van der Waals surface area contributed by atoms with Crippen molar-refractivity contribution in [2.24, 2.45) is 0 Å². The van der Waals surface area contributed by atoms with Crippen molar-refractivity contribution in [1.29, 1.82) is 0 Å². The molecule has 0 amide bonds. The molecule has 3 aromatic carbocycles. The number of aromatic nitrogens is 2. The van der Waals surface area contributed by atoms with E-state index in [1.807, 2.05) is 48.5 Å². The smallest absolute Gasteiger partial charge is 0.262 e. The second kappa shape index (κ2) is 10.0. The van der Waals surface area contributed by atoms with Crippen molar-refractivity contribution in [3.05, 3.63) is 94.3 Å². The number of hydrogen-bond donors (Lipinski definition) is 0. The molecule has 1 aromatic heterocycles. The Kier molecular flexibility index (Phi) is 7.06. The molecule has 0 radical (unpaired) electrons. The first-order valence-electron chi connectivity index (χ1n) is 10.6. The highest BCUT2D eigenvalue weighted by Crippen LogP contribution is 2.25. The van der Waals surface area contributed by atoms with Crippen LogP contribution in [0.3, 0.4) is 0 Å². The van der Waals surface area contributed by atoms with E-state index < -0.39 is 10.0 Å². The largest absolute Gasteiger partial charge is 0.497 e. The van der Waals surface area contributed by atoms with Gasteiger partial charge in [-0.15, -0.1) is 0 Å². The molecular formula is C25H25N3O4S2. The van der Waals surface area contributed by atoms with Gasteiger partial charge in [-0.3, -0.25) is 9.36 Å². The number of thioether (sulfide) groups is 1. The maximum Gasteiger partial charge on any atom is 0.262 e. The van der Waals surface area contributed by atoms with E-state index >= 15 is 0 Å². The van der Waals surface area contributed by atoms with Crippen molar-refractivity contribution in [2.75, 3.05) is 21.2 Å². The second-order valence-corrected chi connectivity index (χ2v) is 11.0. The Morgan fingerprint density at radius 1 is 0.971 bits per heavy atom. The molecule has 4 aromatic rings. The number of methoxy groups -OCH3 is 1. The Bertz CT molecular complexity index is 1480. The lowest BCUT2D eigenvalue weighted by Gasteiger charge is -2.14. The molecule has 4 rings (SSSR count). The molecule has 0 atom stereocenters. The third-order valence-corrected chi connectivity index (χ3v) is 8.23. The number of fused-ring (bicyclic) bond motifs is 1. The molecule has 0 aliphatic heterocycles. The van der Waals surface area contributed by atoms with Crippen LogP contribution in [0.15, 0.2) is 87.6 Å². The van der Waals surface area contributed by atoms with Gasteiger partial charge in [0.05, 0.1) is 29.5 Å². The summed E-state index contributed by atoms with van der Waals surface area (Å²) in [5.41, 5.74) is 2.28. The first-order valence-corrected chi connectivity index (χ1v) is 13.0. The summed E-state index contributed by atoms with van der Waals surface area (Å²) in [4.78, 5) is 18.3. The summed E-state index contributed by atoms with van der Waals surface area (Å²) in [6.45, 7) is 0.359. The van der Waals surface area contributed by atoms with Gasteiger partial charge in [0.15, 0.2) is 5.16 Å². The van der Waals surface area contributed by atoms with Crippen LogP contribution in [0.5, 0.6) is 5.75 Å². The molecule has 0 spiro atoms. The van der Waals surface area contributed by atoms with Gasteiger partial charge in [0.2, 0.25) is 10.0 Å². The molecule has 0 aliphatic rings. The fourth-order valence-corrected chi connectivity index (χ4v) is 5.38. The molecule has 0 N–H and O–H groups in total. The van der Waals surface area contributed by atoms with E-state index in [0.29, 0.717) is 28.4 Å². The van der Waals surface area contributed by atoms with E-state index in [2.05, 4.69) is 0 Å². The van der Waals surface area contributed by atoms with Crippen LogP contribution in [0.4, 0.5) is 0 Å². The highest BCUT2D eigenvalue weighted by atomic mass is 32.2. The van der Waals surface area contributed by atoms with E-state index in [1.165, 1.54) is 30.2 Å². The topological polar surface area (TPSA) is 81.5 Å². The molecule has 9 heteroatoms. The molecule has 7 nitrogen and oxygen atoms in total. The van der Waals surface area contributed by atoms with Crippen molar-refractivity contribution < 1.29 is 13.2 Å². The average Bonchev–Trinajstić information content (AvgIpc) is 2.85. The standard InChI is InChI=1S/C25H25N3O4S2/c1-27(2)34(30,31)21-8-6-7-19(15-21)17-33-25-26-23-10-5-4-9-22(23)24(29)28(25)16-18-11-13-20(32-3)14-12-18/h4-15H,16-17H2,1-3H3. The van der Waals surface area contributed by atoms with Crippen molar-refractivity contribution >= 4 is 32.7 Å². The lowest BCUT2D eigenvalue weighted by molar-refractivity contribution is 0.414. The third kappa shape index (κ3) is 5.01. The van der Waals surface area contributed by atoms with E-state index in [9.17, 15) is 13.2 Å². The molecule has 0 aliphatic carbocycles. The summed E-state index contributed by atoms with van der Waals surface area (Å²) in [7, 11) is 1.10. The molecule has 0 saturated carbocycles. The third-order valence-electron chi connectivity index (χ3n) is 5.37. The highest BCUT2D eigenvalue weighted by Gasteiger charge is 2.18. The number of sulfonamides is 1. The summed E-state index contributed by atoms with van der Waals surface area (Å²) in [5, 5.41) is 1.12. The van der Waals surface area contributed by atoms with Crippen LogP contribution in [0.1, 0.15) is 11.1 Å². The van der Waals surface area contributed by atoms with Gasteiger partial charge >= 0.3 is 0 Å². The molecule has 1 heterocycles. The maximum absolute atomic E-state index is 13.3. The zero-order valence-electron chi connectivity index (χ0n) is 19.1. The molecule has 0 fully saturated rings. The van der Waals surface area contributed by atoms with Crippen molar-refractivity contribution in [1.82, 2.24) is 13.9 Å². The Morgan fingerprint density at radius 3 is 2.41 bits per heavy atom. The minimum atomic E-state index is -3.53. The van der Waals surface area contributed by atoms with Gasteiger partial charge in [0.1, 0.15) is 5.75 Å². The van der Waals surface area contributed by atoms with Crippen LogP contribution in [0.25, 0.3) is 10.9 Å². The van der Waals surface area contributed by atoms with Gasteiger partial charge in [0.25, 0.3) is 5.56 Å². The van der Waals surface area contributed by atoms with Crippen molar-refractivity contribution in [2.45, 2.75) is 22.3 Å². The number of para-hydroxylation sites is 1. The summed E-state index contributed by atoms with van der Waals surface area (Å²) in [6, 6.07) is 21.7. The zero-order chi connectivity index (χ0) is 24.3. The monoisotopic (exact) mass is 495 g/mol. The van der Waals surface area contributed by atoms with Gasteiger partial charge in [-0.1, -0.05) is 48.2 Å². The quantitative estimate of drug-likeness (QED) is 0.272. The number of ether oxygens (including phenoxy) is 1. The molecule has 0 unspecified atom stereocenters. The summed E-state index contributed by atoms with van der Waals surface area (Å²) < 4.78 is 33.1. The summed E-state index contributed by atoms with van der Waals surface area (Å²) >= 11 is 1.40. The van der Waals surface area contributed by atoms with Crippen LogP contribution in [0, 0.1) is 0 Å². The fraction of sp³-hybridized carbons (Fsp3) is 0.200. The first-order chi connectivity index (χ1) is 16.3. The van der Waals surface area contributed by atoms with Crippen molar-refractivity contribution in [3.8, 4) is 5.75 Å². The van der Waals surface area contributed by atoms with Gasteiger partial charge < -0.3 is 4.74 Å². The lowest BCUT2D eigenvalue weighted by atomic mass is 10.2. The van der Waals surface area contributed by atoms with Crippen molar-refractivity contribution in [3.63, 3.8) is 0 Å². The minimum absolute atomic E-state index is 0.118. The Balaban J connectivity index is 1.69. The maximum atomic E-state index is 13.3. The van der Waals surface area contributed by atoms with E-state index in [0.717, 1.165) is 16.9 Å². The Hall–Kier alpha value is -3.14. The Labute approximate surface area is 203 Å². The average molecular weight is 496 g/mol. The first kappa shape index (κ1) is 24.0. The molecule has 34 heavy (non-hydrogen) atoms. The van der Waals surface area contributed by atoms with E-state index in [-0.39, 0.29) is 10.5 Å². The molecule has 0 saturated heterocycles. The number of rotatable bonds is 8. The Morgan fingerprint density at radius 2 is 1.71 bits per heavy atom. The molecule has 0 bridgehead atoms. The summed E-state index contributed by atoms with van der Waals surface area (Å²) in [6.07, 6.45) is 0. The van der Waals surface area contributed by atoms with Crippen LogP contribution in [0.2, 0.25) is 0 Å². The zero-order valence-corrected chi connectivity index (χ0v) is 20.8. The van der Waals surface area contributed by atoms with Gasteiger partial charge in [0, 0.05) is 19.8 Å². The molecule has 176 valence electrons. The number of benzene rings is 3. The van der Waals surface area contributed by atoms with Gasteiger partial charge in [-0.25, -0.2) is 17.7 Å². The fourth-order valence-electron chi connectivity index (χ4n) is 3.47. The van der Waals surface area contributed by atoms with Crippen LogP contribution < -0.4 is 10.3 Å². The van der Waals surface area contributed by atoms with Crippen LogP contribution in [-0.2, 0) is 22.3 Å². The van der Waals surface area contributed by atoms with Gasteiger partial charge in [-0.2, -0.15) is 0 Å². The summed E-state index contributed by atoms with van der Waals surface area (Å²) in [5.74, 6) is 1.21. The van der Waals surface area contributed by atoms with Crippen LogP contribution in [-0.4, -0.2) is 43.5 Å². The lowest BCUT2D eigenvalue weighted by Crippen LogP contribution is -2.24. The predicted octanol–water partition coefficient (Wildman–Crippen LogP) is 4.00. The highest BCUT2D eigenvalue weighted by molar-refractivity contribution is 7.98. The second-order valence-electron chi connectivity index (χ2n) is 7.87. The molecular weight excluding hydrogens is 470 g/mol.